The molecule has 118 valence electrons. The molecule has 0 spiro atoms. The maximum atomic E-state index is 12.7. The van der Waals surface area contributed by atoms with Crippen molar-refractivity contribution in [2.75, 3.05) is 11.9 Å². The summed E-state index contributed by atoms with van der Waals surface area (Å²) in [6, 6.07) is 5.51. The zero-order valence-corrected chi connectivity index (χ0v) is 14.2. The lowest BCUT2D eigenvalue weighted by Gasteiger charge is -2.11. The lowest BCUT2D eigenvalue weighted by atomic mass is 10.3. The Kier molecular flexibility index (Phi) is 3.39. The Morgan fingerprint density at radius 1 is 1.39 bits per heavy atom. The third-order valence-electron chi connectivity index (χ3n) is 3.86. The molecule has 0 bridgehead atoms. The number of rotatable bonds is 3. The Bertz CT molecular complexity index is 913. The molecular formula is C16H14ClN3O2S. The van der Waals surface area contributed by atoms with Gasteiger partial charge in [0.2, 0.25) is 5.76 Å². The maximum Gasteiger partial charge on any atom is 0.297 e. The van der Waals surface area contributed by atoms with Gasteiger partial charge in [0, 0.05) is 18.0 Å². The summed E-state index contributed by atoms with van der Waals surface area (Å²) in [5.41, 5.74) is 1.41. The first-order valence-corrected chi connectivity index (χ1v) is 8.54. The molecule has 1 fully saturated rings. The average Bonchev–Trinajstić information content (AvgIpc) is 3.18. The molecule has 0 saturated heterocycles. The molecule has 1 aliphatic rings. The molecule has 0 aliphatic heterocycles. The Morgan fingerprint density at radius 3 is 2.91 bits per heavy atom. The number of aryl methyl sites for hydroxylation is 1. The van der Waals surface area contributed by atoms with Crippen LogP contribution in [0.3, 0.4) is 0 Å². The predicted octanol–water partition coefficient (Wildman–Crippen LogP) is 4.40. The number of carbonyl (C=O) groups is 1. The van der Waals surface area contributed by atoms with Crippen LogP contribution >= 0.6 is 22.9 Å². The summed E-state index contributed by atoms with van der Waals surface area (Å²) < 4.78 is 6.67. The first-order chi connectivity index (χ1) is 11.0. The van der Waals surface area contributed by atoms with E-state index in [1.807, 2.05) is 12.1 Å². The summed E-state index contributed by atoms with van der Waals surface area (Å²) in [4.78, 5) is 23.1. The van der Waals surface area contributed by atoms with Gasteiger partial charge in [-0.15, -0.1) is 0 Å². The number of amides is 1. The van der Waals surface area contributed by atoms with E-state index in [1.54, 1.807) is 20.0 Å². The van der Waals surface area contributed by atoms with E-state index in [0.717, 1.165) is 23.1 Å². The Labute approximate surface area is 141 Å². The summed E-state index contributed by atoms with van der Waals surface area (Å²) in [5.74, 6) is 1.12. The zero-order chi connectivity index (χ0) is 16.1. The van der Waals surface area contributed by atoms with Crippen molar-refractivity contribution < 1.29 is 9.21 Å². The number of fused-ring (bicyclic) bond motifs is 1. The fourth-order valence-corrected chi connectivity index (χ4v) is 3.46. The molecule has 2 heterocycles. The summed E-state index contributed by atoms with van der Waals surface area (Å²) in [6.07, 6.45) is 2.17. The van der Waals surface area contributed by atoms with Crippen molar-refractivity contribution >= 4 is 44.2 Å². The molecule has 4 rings (SSSR count). The van der Waals surface area contributed by atoms with Crippen LogP contribution < -0.4 is 4.90 Å². The number of anilines is 1. The number of benzene rings is 1. The monoisotopic (exact) mass is 347 g/mol. The summed E-state index contributed by atoms with van der Waals surface area (Å²) in [7, 11) is 1.69. The topological polar surface area (TPSA) is 59.2 Å². The number of nitrogens with zero attached hydrogens (tertiary/aromatic N) is 3. The molecule has 0 unspecified atom stereocenters. The second-order valence-corrected chi connectivity index (χ2v) is 7.16. The highest BCUT2D eigenvalue weighted by molar-refractivity contribution is 7.22. The maximum absolute atomic E-state index is 12.7. The van der Waals surface area contributed by atoms with Crippen LogP contribution in [-0.4, -0.2) is 22.9 Å². The Balaban J connectivity index is 1.66. The average molecular weight is 348 g/mol. The van der Waals surface area contributed by atoms with Crippen molar-refractivity contribution in [2.45, 2.75) is 25.7 Å². The minimum atomic E-state index is -0.230. The van der Waals surface area contributed by atoms with Crippen LogP contribution in [0, 0.1) is 6.92 Å². The number of thiazole rings is 1. The molecule has 7 heteroatoms. The van der Waals surface area contributed by atoms with Gasteiger partial charge in [-0.05, 0) is 38.0 Å². The van der Waals surface area contributed by atoms with Crippen molar-refractivity contribution in [1.29, 1.82) is 0 Å². The van der Waals surface area contributed by atoms with Gasteiger partial charge in [-0.3, -0.25) is 9.69 Å². The minimum absolute atomic E-state index is 0.230. The molecule has 0 atom stereocenters. The van der Waals surface area contributed by atoms with Gasteiger partial charge in [0.1, 0.15) is 0 Å². The van der Waals surface area contributed by atoms with E-state index in [9.17, 15) is 4.79 Å². The van der Waals surface area contributed by atoms with Crippen molar-refractivity contribution in [3.8, 4) is 0 Å². The molecule has 5 nitrogen and oxygen atoms in total. The van der Waals surface area contributed by atoms with Gasteiger partial charge in [0.25, 0.3) is 5.91 Å². The van der Waals surface area contributed by atoms with Crippen LogP contribution in [0.1, 0.15) is 40.9 Å². The number of hydrogen-bond acceptors (Lipinski definition) is 5. The van der Waals surface area contributed by atoms with Crippen LogP contribution in [0.15, 0.2) is 22.6 Å². The second kappa shape index (κ2) is 5.32. The van der Waals surface area contributed by atoms with Gasteiger partial charge in [-0.2, -0.15) is 0 Å². The van der Waals surface area contributed by atoms with Crippen LogP contribution in [-0.2, 0) is 0 Å². The molecule has 0 N–H and O–H groups in total. The zero-order valence-electron chi connectivity index (χ0n) is 12.7. The van der Waals surface area contributed by atoms with Gasteiger partial charge in [-0.25, -0.2) is 9.97 Å². The van der Waals surface area contributed by atoms with Crippen molar-refractivity contribution in [1.82, 2.24) is 9.97 Å². The van der Waals surface area contributed by atoms with Crippen molar-refractivity contribution in [3.05, 3.63) is 40.6 Å². The lowest BCUT2D eigenvalue weighted by Crippen LogP contribution is -2.26. The van der Waals surface area contributed by atoms with E-state index < -0.39 is 0 Å². The van der Waals surface area contributed by atoms with Gasteiger partial charge >= 0.3 is 0 Å². The third kappa shape index (κ3) is 2.62. The standard InChI is InChI=1S/C16H14ClN3O2S/c1-8-13(22-14(18-8)9-3-4-9)15(21)20(2)16-19-11-7-10(17)5-6-12(11)23-16/h5-7,9H,3-4H2,1-2H3. The van der Waals surface area contributed by atoms with E-state index in [2.05, 4.69) is 9.97 Å². The summed E-state index contributed by atoms with van der Waals surface area (Å²) in [5, 5.41) is 1.24. The molecule has 1 aliphatic carbocycles. The largest absolute Gasteiger partial charge is 0.435 e. The number of oxazole rings is 1. The van der Waals surface area contributed by atoms with E-state index in [1.165, 1.54) is 16.2 Å². The van der Waals surface area contributed by atoms with Crippen molar-refractivity contribution in [2.24, 2.45) is 0 Å². The van der Waals surface area contributed by atoms with E-state index in [-0.39, 0.29) is 5.91 Å². The normalized spacial score (nSPS) is 14.4. The summed E-state index contributed by atoms with van der Waals surface area (Å²) >= 11 is 7.43. The van der Waals surface area contributed by atoms with Gasteiger partial charge in [0.05, 0.1) is 15.9 Å². The predicted molar refractivity (Wildman–Crippen MR) is 90.6 cm³/mol. The molecular weight excluding hydrogens is 334 g/mol. The second-order valence-electron chi connectivity index (χ2n) is 5.71. The SMILES string of the molecule is Cc1nc(C2CC2)oc1C(=O)N(C)c1nc2cc(Cl)ccc2s1. The smallest absolute Gasteiger partial charge is 0.297 e. The fourth-order valence-electron chi connectivity index (χ4n) is 2.39. The summed E-state index contributed by atoms with van der Waals surface area (Å²) in [6.45, 7) is 1.80. The lowest BCUT2D eigenvalue weighted by molar-refractivity contribution is 0.0964. The third-order valence-corrected chi connectivity index (χ3v) is 5.21. The molecule has 3 aromatic rings. The molecule has 1 amide bonds. The highest BCUT2D eigenvalue weighted by Crippen LogP contribution is 2.40. The molecule has 1 aromatic carbocycles. The molecule has 0 radical (unpaired) electrons. The van der Waals surface area contributed by atoms with Crippen LogP contribution in [0.4, 0.5) is 5.13 Å². The van der Waals surface area contributed by atoms with Crippen LogP contribution in [0.2, 0.25) is 5.02 Å². The molecule has 1 saturated carbocycles. The van der Waals surface area contributed by atoms with Gasteiger partial charge in [-0.1, -0.05) is 22.9 Å². The quantitative estimate of drug-likeness (QED) is 0.704. The van der Waals surface area contributed by atoms with Gasteiger partial charge < -0.3 is 4.42 Å². The Morgan fingerprint density at radius 2 is 2.17 bits per heavy atom. The van der Waals surface area contributed by atoms with Gasteiger partial charge in [0.15, 0.2) is 11.0 Å². The van der Waals surface area contributed by atoms with Crippen LogP contribution in [0.5, 0.6) is 0 Å². The first-order valence-electron chi connectivity index (χ1n) is 7.34. The number of halogens is 1. The molecule has 2 aromatic heterocycles. The number of hydrogen-bond donors (Lipinski definition) is 0. The van der Waals surface area contributed by atoms with E-state index in [0.29, 0.717) is 33.4 Å². The first kappa shape index (κ1) is 14.7. The highest BCUT2D eigenvalue weighted by Gasteiger charge is 2.32. The molecule has 23 heavy (non-hydrogen) atoms. The minimum Gasteiger partial charge on any atom is -0.435 e. The van der Waals surface area contributed by atoms with Crippen molar-refractivity contribution in [3.63, 3.8) is 0 Å². The number of carbonyl (C=O) groups excluding carboxylic acids is 1. The number of aromatic nitrogens is 2. The Hall–Kier alpha value is -1.92. The van der Waals surface area contributed by atoms with E-state index in [4.69, 9.17) is 16.0 Å². The van der Waals surface area contributed by atoms with Crippen LogP contribution in [0.25, 0.3) is 10.2 Å². The fraction of sp³-hybridized carbons (Fsp3) is 0.312. The van der Waals surface area contributed by atoms with E-state index >= 15 is 0 Å². The highest BCUT2D eigenvalue weighted by atomic mass is 35.5.